The molecule has 2 bridgehead atoms. The van der Waals surface area contributed by atoms with Gasteiger partial charge in [-0.2, -0.15) is 0 Å². The van der Waals surface area contributed by atoms with Crippen LogP contribution in [-0.4, -0.2) is 39.7 Å². The predicted molar refractivity (Wildman–Crippen MR) is 84.4 cm³/mol. The Hall–Kier alpha value is -2.17. The van der Waals surface area contributed by atoms with E-state index in [-0.39, 0.29) is 23.8 Å². The fraction of sp³-hybridized carbons (Fsp3) is 0.500. The van der Waals surface area contributed by atoms with E-state index in [1.807, 2.05) is 6.92 Å². The molecule has 2 saturated heterocycles. The summed E-state index contributed by atoms with van der Waals surface area (Å²) in [6, 6.07) is 6.43. The molecule has 0 radical (unpaired) electrons. The number of amides is 1. The van der Waals surface area contributed by atoms with Crippen LogP contribution in [0.25, 0.3) is 0 Å². The summed E-state index contributed by atoms with van der Waals surface area (Å²) in [5, 5.41) is 9.69. The number of fused-ring (bicyclic) bond motifs is 2. The van der Waals surface area contributed by atoms with Gasteiger partial charge in [0.15, 0.2) is 5.78 Å². The van der Waals surface area contributed by atoms with Crippen molar-refractivity contribution in [3.8, 4) is 0 Å². The summed E-state index contributed by atoms with van der Waals surface area (Å²) in [5.74, 6) is -1.04. The molecule has 2 aliphatic rings. The summed E-state index contributed by atoms with van der Waals surface area (Å²) < 4.78 is 0. The van der Waals surface area contributed by atoms with E-state index >= 15 is 0 Å². The molecule has 1 N–H and O–H groups in total. The Labute approximate surface area is 135 Å². The number of hydrogen-bond donors (Lipinski definition) is 1. The van der Waals surface area contributed by atoms with Gasteiger partial charge in [-0.3, -0.25) is 14.4 Å². The normalized spacial score (nSPS) is 28.9. The standard InChI is InChI=1S/C18H21NO4/c1-3-18(17(22)23)10-14-7-8-15(18)19(14)16(21)13-6-4-5-12(9-13)11(2)20/h4-6,9,14-15H,3,7-8,10H2,1-2H3,(H,22,23)/t14-,15+,18+/m0/s1. The summed E-state index contributed by atoms with van der Waals surface area (Å²) in [4.78, 5) is 38.0. The number of carboxylic acid groups (broad SMARTS) is 1. The average Bonchev–Trinajstić information content (AvgIpc) is 3.10. The first-order chi connectivity index (χ1) is 10.9. The molecule has 0 aliphatic carbocycles. The van der Waals surface area contributed by atoms with E-state index in [1.165, 1.54) is 6.92 Å². The van der Waals surface area contributed by atoms with Gasteiger partial charge in [0.25, 0.3) is 5.91 Å². The quantitative estimate of drug-likeness (QED) is 0.867. The molecule has 1 aromatic carbocycles. The van der Waals surface area contributed by atoms with Crippen molar-refractivity contribution >= 4 is 17.7 Å². The van der Waals surface area contributed by atoms with E-state index < -0.39 is 11.4 Å². The largest absolute Gasteiger partial charge is 0.481 e. The zero-order valence-corrected chi connectivity index (χ0v) is 13.4. The Bertz CT molecular complexity index is 683. The number of Topliss-reactive ketones (excluding diaryl/α,β-unsaturated/α-hetero) is 1. The van der Waals surface area contributed by atoms with E-state index in [9.17, 15) is 19.5 Å². The molecule has 5 heteroatoms. The lowest BCUT2D eigenvalue weighted by atomic mass is 9.72. The molecule has 2 fully saturated rings. The number of nitrogens with zero attached hydrogens (tertiary/aromatic N) is 1. The highest BCUT2D eigenvalue weighted by Crippen LogP contribution is 2.52. The maximum atomic E-state index is 12.9. The van der Waals surface area contributed by atoms with E-state index in [4.69, 9.17) is 0 Å². The number of carbonyl (C=O) groups excluding carboxylic acids is 2. The van der Waals surface area contributed by atoms with Gasteiger partial charge in [-0.05, 0) is 44.7 Å². The van der Waals surface area contributed by atoms with Crippen LogP contribution in [0.15, 0.2) is 24.3 Å². The summed E-state index contributed by atoms with van der Waals surface area (Å²) in [7, 11) is 0. The molecule has 0 saturated carbocycles. The molecule has 23 heavy (non-hydrogen) atoms. The molecule has 2 heterocycles. The van der Waals surface area contributed by atoms with E-state index in [2.05, 4.69) is 0 Å². The summed E-state index contributed by atoms with van der Waals surface area (Å²) in [5.41, 5.74) is 0.144. The van der Waals surface area contributed by atoms with Crippen molar-refractivity contribution in [3.05, 3.63) is 35.4 Å². The van der Waals surface area contributed by atoms with Crippen molar-refractivity contribution < 1.29 is 19.5 Å². The molecule has 0 aromatic heterocycles. The van der Waals surface area contributed by atoms with Crippen LogP contribution < -0.4 is 0 Å². The molecular formula is C18H21NO4. The Morgan fingerprint density at radius 2 is 1.96 bits per heavy atom. The van der Waals surface area contributed by atoms with Gasteiger partial charge >= 0.3 is 5.97 Å². The minimum Gasteiger partial charge on any atom is -0.481 e. The second-order valence-corrected chi connectivity index (χ2v) is 6.62. The maximum absolute atomic E-state index is 12.9. The highest BCUT2D eigenvalue weighted by atomic mass is 16.4. The van der Waals surface area contributed by atoms with Gasteiger partial charge in [-0.15, -0.1) is 0 Å². The molecular weight excluding hydrogens is 294 g/mol. The third kappa shape index (κ3) is 2.26. The van der Waals surface area contributed by atoms with Crippen molar-refractivity contribution in [2.75, 3.05) is 0 Å². The van der Waals surface area contributed by atoms with Crippen molar-refractivity contribution in [2.45, 2.75) is 51.6 Å². The average molecular weight is 315 g/mol. The molecule has 5 nitrogen and oxygen atoms in total. The monoisotopic (exact) mass is 315 g/mol. The number of benzene rings is 1. The van der Waals surface area contributed by atoms with E-state index in [0.717, 1.165) is 12.8 Å². The van der Waals surface area contributed by atoms with Crippen LogP contribution in [0.4, 0.5) is 0 Å². The molecule has 3 atom stereocenters. The van der Waals surface area contributed by atoms with Gasteiger partial charge in [0.2, 0.25) is 0 Å². The fourth-order valence-corrected chi connectivity index (χ4v) is 4.27. The minimum absolute atomic E-state index is 0.00969. The molecule has 1 amide bonds. The van der Waals surface area contributed by atoms with Gasteiger partial charge in [-0.1, -0.05) is 19.1 Å². The maximum Gasteiger partial charge on any atom is 0.311 e. The SMILES string of the molecule is CC[C@@]1(C(=O)O)C[C@@H]2CC[C@H]1N2C(=O)c1cccc(C(C)=O)c1. The third-order valence-electron chi connectivity index (χ3n) is 5.55. The van der Waals surface area contributed by atoms with E-state index in [0.29, 0.717) is 24.0 Å². The van der Waals surface area contributed by atoms with Gasteiger partial charge in [-0.25, -0.2) is 0 Å². The van der Waals surface area contributed by atoms with Gasteiger partial charge < -0.3 is 10.0 Å². The number of rotatable bonds is 4. The van der Waals surface area contributed by atoms with Gasteiger partial charge in [0.05, 0.1) is 5.41 Å². The second-order valence-electron chi connectivity index (χ2n) is 6.62. The number of hydrogen-bond acceptors (Lipinski definition) is 3. The van der Waals surface area contributed by atoms with Crippen LogP contribution in [0.5, 0.6) is 0 Å². The van der Waals surface area contributed by atoms with Crippen LogP contribution in [0, 0.1) is 5.41 Å². The number of carboxylic acids is 1. The molecule has 0 spiro atoms. The van der Waals surface area contributed by atoms with Crippen molar-refractivity contribution in [1.82, 2.24) is 4.90 Å². The van der Waals surface area contributed by atoms with Crippen molar-refractivity contribution in [2.24, 2.45) is 5.41 Å². The first-order valence-corrected chi connectivity index (χ1v) is 8.07. The zero-order valence-electron chi connectivity index (χ0n) is 13.4. The minimum atomic E-state index is -0.823. The summed E-state index contributed by atoms with van der Waals surface area (Å²) in [6.07, 6.45) is 2.66. The van der Waals surface area contributed by atoms with Crippen LogP contribution in [0.1, 0.15) is 60.2 Å². The smallest absolute Gasteiger partial charge is 0.311 e. The summed E-state index contributed by atoms with van der Waals surface area (Å²) >= 11 is 0. The van der Waals surface area contributed by atoms with Crippen molar-refractivity contribution in [3.63, 3.8) is 0 Å². The van der Waals surface area contributed by atoms with E-state index in [1.54, 1.807) is 29.2 Å². The lowest BCUT2D eigenvalue weighted by Crippen LogP contribution is -2.44. The van der Waals surface area contributed by atoms with Crippen LogP contribution in [0.3, 0.4) is 0 Å². The number of ketones is 1. The zero-order chi connectivity index (χ0) is 16.8. The number of aliphatic carboxylic acids is 1. The molecule has 1 aromatic rings. The molecule has 2 aliphatic heterocycles. The Morgan fingerprint density at radius 1 is 1.26 bits per heavy atom. The Morgan fingerprint density at radius 3 is 2.52 bits per heavy atom. The Balaban J connectivity index is 1.94. The lowest BCUT2D eigenvalue weighted by Gasteiger charge is -2.32. The highest BCUT2D eigenvalue weighted by Gasteiger charge is 2.60. The molecule has 122 valence electrons. The van der Waals surface area contributed by atoms with Gasteiger partial charge in [0, 0.05) is 23.2 Å². The molecule has 0 unspecified atom stereocenters. The number of carbonyl (C=O) groups is 3. The molecule has 3 rings (SSSR count). The predicted octanol–water partition coefficient (Wildman–Crippen LogP) is 2.75. The fourth-order valence-electron chi connectivity index (χ4n) is 4.27. The first kappa shape index (κ1) is 15.7. The van der Waals surface area contributed by atoms with Crippen LogP contribution in [0.2, 0.25) is 0 Å². The summed E-state index contributed by atoms with van der Waals surface area (Å²) in [6.45, 7) is 3.35. The lowest BCUT2D eigenvalue weighted by molar-refractivity contribution is -0.151. The van der Waals surface area contributed by atoms with Gasteiger partial charge in [0.1, 0.15) is 0 Å². The second kappa shape index (κ2) is 5.48. The first-order valence-electron chi connectivity index (χ1n) is 8.07. The Kier molecular flexibility index (Phi) is 3.74. The van der Waals surface area contributed by atoms with Crippen LogP contribution >= 0.6 is 0 Å². The topological polar surface area (TPSA) is 74.7 Å². The third-order valence-corrected chi connectivity index (χ3v) is 5.55. The highest BCUT2D eigenvalue weighted by molar-refractivity contribution is 6.00. The van der Waals surface area contributed by atoms with Crippen LogP contribution in [-0.2, 0) is 4.79 Å². The van der Waals surface area contributed by atoms with Crippen molar-refractivity contribution in [1.29, 1.82) is 0 Å².